The normalized spacial score (nSPS) is 11.7. The summed E-state index contributed by atoms with van der Waals surface area (Å²) in [5.74, 6) is -1.15. The number of nitrogens with one attached hydrogen (secondary N) is 1. The number of carbonyl (C=O) groups is 2. The van der Waals surface area contributed by atoms with E-state index >= 15 is 0 Å². The van der Waals surface area contributed by atoms with Crippen LogP contribution in [0.1, 0.15) is 30.0 Å². The van der Waals surface area contributed by atoms with Gasteiger partial charge in [-0.25, -0.2) is 0 Å². The van der Waals surface area contributed by atoms with Gasteiger partial charge in [-0.15, -0.1) is 0 Å². The summed E-state index contributed by atoms with van der Waals surface area (Å²) < 4.78 is 0. The molecule has 0 aliphatic rings. The lowest BCUT2D eigenvalue weighted by atomic mass is 10.0. The molecule has 0 fully saturated rings. The van der Waals surface area contributed by atoms with Gasteiger partial charge >= 0.3 is 5.97 Å². The number of aliphatic carboxylic acids is 1. The van der Waals surface area contributed by atoms with Gasteiger partial charge in [0.15, 0.2) is 0 Å². The third kappa shape index (κ3) is 5.75. The molecule has 2 aromatic rings. The van der Waals surface area contributed by atoms with Crippen molar-refractivity contribution in [2.75, 3.05) is 0 Å². The van der Waals surface area contributed by atoms with Crippen molar-refractivity contribution < 1.29 is 14.7 Å². The Labute approximate surface area is 140 Å². The average molecular weight is 332 g/mol. The molecule has 0 radical (unpaired) electrons. The Morgan fingerprint density at radius 3 is 2.48 bits per heavy atom. The van der Waals surface area contributed by atoms with Gasteiger partial charge in [0.2, 0.25) is 5.91 Å². The first-order chi connectivity index (χ1) is 11.0. The van der Waals surface area contributed by atoms with E-state index in [4.69, 9.17) is 16.7 Å². The van der Waals surface area contributed by atoms with Gasteiger partial charge in [-0.1, -0.05) is 54.1 Å². The van der Waals surface area contributed by atoms with Gasteiger partial charge in [0, 0.05) is 11.4 Å². The third-order valence-electron chi connectivity index (χ3n) is 3.45. The molecule has 2 rings (SSSR count). The second kappa shape index (κ2) is 8.34. The maximum absolute atomic E-state index is 12.1. The Morgan fingerprint density at radius 2 is 1.83 bits per heavy atom. The van der Waals surface area contributed by atoms with Gasteiger partial charge in [0.05, 0.1) is 12.5 Å². The van der Waals surface area contributed by atoms with Crippen LogP contribution < -0.4 is 5.32 Å². The molecule has 0 spiro atoms. The summed E-state index contributed by atoms with van der Waals surface area (Å²) in [4.78, 5) is 23.2. The number of carbonyl (C=O) groups excluding carboxylic acids is 1. The zero-order valence-electron chi connectivity index (χ0n) is 12.5. The van der Waals surface area contributed by atoms with Crippen LogP contribution in [0.3, 0.4) is 0 Å². The quantitative estimate of drug-likeness (QED) is 0.814. The summed E-state index contributed by atoms with van der Waals surface area (Å²) in [6.45, 7) is 0. The van der Waals surface area contributed by atoms with Crippen molar-refractivity contribution in [1.82, 2.24) is 5.32 Å². The minimum absolute atomic E-state index is 0.180. The smallest absolute Gasteiger partial charge is 0.305 e. The zero-order valence-corrected chi connectivity index (χ0v) is 13.3. The number of halogens is 1. The minimum atomic E-state index is -0.974. The molecule has 0 aliphatic heterocycles. The van der Waals surface area contributed by atoms with Gasteiger partial charge in [-0.05, 0) is 29.7 Å². The van der Waals surface area contributed by atoms with Gasteiger partial charge < -0.3 is 10.4 Å². The predicted molar refractivity (Wildman–Crippen MR) is 89.4 cm³/mol. The molecule has 1 atom stereocenters. The van der Waals surface area contributed by atoms with Gasteiger partial charge in [0.1, 0.15) is 0 Å². The minimum Gasteiger partial charge on any atom is -0.481 e. The van der Waals surface area contributed by atoms with Crippen LogP contribution >= 0.6 is 11.6 Å². The van der Waals surface area contributed by atoms with E-state index in [0.717, 1.165) is 5.56 Å². The second-order valence-corrected chi connectivity index (χ2v) is 5.70. The number of hydrogen-bond acceptors (Lipinski definition) is 2. The molecule has 1 unspecified atom stereocenters. The van der Waals surface area contributed by atoms with Crippen molar-refractivity contribution in [3.63, 3.8) is 0 Å². The van der Waals surface area contributed by atoms with Crippen molar-refractivity contribution >= 4 is 23.5 Å². The number of rotatable bonds is 7. The number of carboxylic acid groups (broad SMARTS) is 1. The molecule has 0 aliphatic carbocycles. The lowest BCUT2D eigenvalue weighted by molar-refractivity contribution is -0.137. The molecule has 0 saturated carbocycles. The Hall–Kier alpha value is -2.33. The monoisotopic (exact) mass is 331 g/mol. The van der Waals surface area contributed by atoms with Crippen molar-refractivity contribution in [3.05, 3.63) is 70.7 Å². The largest absolute Gasteiger partial charge is 0.481 e. The topological polar surface area (TPSA) is 66.4 Å². The SMILES string of the molecule is O=C(O)CC(NC(=O)CCc1ccccc1)c1cccc(Cl)c1. The Bertz CT molecular complexity index is 673. The van der Waals surface area contributed by atoms with Crippen molar-refractivity contribution in [2.24, 2.45) is 0 Å². The summed E-state index contributed by atoms with van der Waals surface area (Å²) in [6, 6.07) is 16.0. The second-order valence-electron chi connectivity index (χ2n) is 5.26. The standard InChI is InChI=1S/C18H18ClNO3/c19-15-8-4-7-14(11-15)16(12-18(22)23)20-17(21)10-9-13-5-2-1-3-6-13/h1-8,11,16H,9-10,12H2,(H,20,21)(H,22,23). The molecule has 120 valence electrons. The molecule has 2 N–H and O–H groups in total. The number of hydrogen-bond donors (Lipinski definition) is 2. The van der Waals surface area contributed by atoms with E-state index in [9.17, 15) is 9.59 Å². The number of aryl methyl sites for hydroxylation is 1. The fourth-order valence-corrected chi connectivity index (χ4v) is 2.52. The molecule has 1 amide bonds. The van der Waals surface area contributed by atoms with Crippen molar-refractivity contribution in [2.45, 2.75) is 25.3 Å². The van der Waals surface area contributed by atoms with Crippen LogP contribution in [0.25, 0.3) is 0 Å². The summed E-state index contributed by atoms with van der Waals surface area (Å²) in [5, 5.41) is 12.3. The predicted octanol–water partition coefficient (Wildman–Crippen LogP) is 3.60. The van der Waals surface area contributed by atoms with Crippen LogP contribution in [-0.2, 0) is 16.0 Å². The molecular formula is C18H18ClNO3. The van der Waals surface area contributed by atoms with E-state index in [0.29, 0.717) is 23.4 Å². The van der Waals surface area contributed by atoms with E-state index in [2.05, 4.69) is 5.32 Å². The van der Waals surface area contributed by atoms with E-state index in [-0.39, 0.29) is 12.3 Å². The molecule has 0 heterocycles. The summed E-state index contributed by atoms with van der Waals surface area (Å²) in [6.07, 6.45) is 0.736. The van der Waals surface area contributed by atoms with Gasteiger partial charge in [-0.3, -0.25) is 9.59 Å². The fraction of sp³-hybridized carbons (Fsp3) is 0.222. The van der Waals surface area contributed by atoms with Crippen LogP contribution in [0, 0.1) is 0 Å². The highest BCUT2D eigenvalue weighted by Crippen LogP contribution is 2.21. The third-order valence-corrected chi connectivity index (χ3v) is 3.68. The van der Waals surface area contributed by atoms with Crippen LogP contribution in [0.5, 0.6) is 0 Å². The highest BCUT2D eigenvalue weighted by Gasteiger charge is 2.18. The average Bonchev–Trinajstić information content (AvgIpc) is 2.53. The van der Waals surface area contributed by atoms with E-state index in [1.54, 1.807) is 24.3 Å². The first-order valence-electron chi connectivity index (χ1n) is 7.35. The summed E-state index contributed by atoms with van der Waals surface area (Å²) in [5.41, 5.74) is 1.76. The van der Waals surface area contributed by atoms with E-state index in [1.807, 2.05) is 30.3 Å². The lowest BCUT2D eigenvalue weighted by Gasteiger charge is -2.18. The molecule has 0 saturated heterocycles. The maximum Gasteiger partial charge on any atom is 0.305 e. The molecule has 5 heteroatoms. The van der Waals surface area contributed by atoms with Crippen molar-refractivity contribution in [3.8, 4) is 0 Å². The fourth-order valence-electron chi connectivity index (χ4n) is 2.32. The van der Waals surface area contributed by atoms with Gasteiger partial charge in [-0.2, -0.15) is 0 Å². The summed E-state index contributed by atoms with van der Waals surface area (Å²) in [7, 11) is 0. The highest BCUT2D eigenvalue weighted by atomic mass is 35.5. The molecule has 4 nitrogen and oxygen atoms in total. The van der Waals surface area contributed by atoms with Crippen LogP contribution in [-0.4, -0.2) is 17.0 Å². The van der Waals surface area contributed by atoms with Crippen molar-refractivity contribution in [1.29, 1.82) is 0 Å². The van der Waals surface area contributed by atoms with E-state index < -0.39 is 12.0 Å². The van der Waals surface area contributed by atoms with Crippen LogP contribution in [0.2, 0.25) is 5.02 Å². The number of amides is 1. The molecule has 23 heavy (non-hydrogen) atoms. The van der Waals surface area contributed by atoms with Crippen LogP contribution in [0.15, 0.2) is 54.6 Å². The first-order valence-corrected chi connectivity index (χ1v) is 7.73. The van der Waals surface area contributed by atoms with Crippen LogP contribution in [0.4, 0.5) is 0 Å². The molecule has 0 aromatic heterocycles. The summed E-state index contributed by atoms with van der Waals surface area (Å²) >= 11 is 5.94. The number of carboxylic acids is 1. The highest BCUT2D eigenvalue weighted by molar-refractivity contribution is 6.30. The maximum atomic E-state index is 12.1. The van der Waals surface area contributed by atoms with E-state index in [1.165, 1.54) is 0 Å². The Morgan fingerprint density at radius 1 is 1.09 bits per heavy atom. The Balaban J connectivity index is 1.99. The Kier molecular flexibility index (Phi) is 6.18. The molecule has 2 aromatic carbocycles. The first kappa shape index (κ1) is 17.0. The molecular weight excluding hydrogens is 314 g/mol. The van der Waals surface area contributed by atoms with Gasteiger partial charge in [0.25, 0.3) is 0 Å². The molecule has 0 bridgehead atoms. The lowest BCUT2D eigenvalue weighted by Crippen LogP contribution is -2.30. The number of benzene rings is 2. The zero-order chi connectivity index (χ0) is 16.7.